The van der Waals surface area contributed by atoms with Gasteiger partial charge in [0, 0.05) is 12.5 Å². The van der Waals surface area contributed by atoms with Crippen molar-refractivity contribution in [2.75, 3.05) is 7.11 Å². The van der Waals surface area contributed by atoms with Gasteiger partial charge in [0.2, 0.25) is 0 Å². The van der Waals surface area contributed by atoms with Crippen molar-refractivity contribution in [1.29, 1.82) is 0 Å². The van der Waals surface area contributed by atoms with Crippen molar-refractivity contribution >= 4 is 5.78 Å². The smallest absolute Gasteiger partial charge is 0.166 e. The average Bonchev–Trinajstić information content (AvgIpc) is 2.94. The van der Waals surface area contributed by atoms with Crippen molar-refractivity contribution in [3.63, 3.8) is 0 Å². The molecule has 0 N–H and O–H groups in total. The maximum Gasteiger partial charge on any atom is 0.166 e. The second-order valence-electron chi connectivity index (χ2n) is 6.97. The van der Waals surface area contributed by atoms with Crippen molar-refractivity contribution in [2.45, 2.75) is 46.5 Å². The van der Waals surface area contributed by atoms with E-state index >= 15 is 0 Å². The number of ketones is 1. The fourth-order valence-electron chi connectivity index (χ4n) is 3.51. The van der Waals surface area contributed by atoms with Crippen LogP contribution in [0.1, 0.15) is 55.4 Å². The molecule has 0 radical (unpaired) electrons. The molecule has 0 saturated heterocycles. The Hall–Kier alpha value is -2.10. The molecule has 4 heteroatoms. The summed E-state index contributed by atoms with van der Waals surface area (Å²) in [4.78, 5) is 12.8. The van der Waals surface area contributed by atoms with Crippen LogP contribution in [-0.2, 0) is 12.8 Å². The Morgan fingerprint density at radius 1 is 1.33 bits per heavy atom. The molecule has 0 spiro atoms. The predicted octanol–water partition coefficient (Wildman–Crippen LogP) is 4.23. The van der Waals surface area contributed by atoms with Crippen LogP contribution in [0.25, 0.3) is 5.69 Å². The standard InChI is InChI=1S/C20H26N2O2/c1-5-7-17-20-18(10-14(13(2)3)11-19(20)23)22(21-17)15-8-6-9-16(12-15)24-4/h6,8-9,12-14H,5,7,10-11H2,1-4H3. The molecule has 1 aliphatic carbocycles. The van der Waals surface area contributed by atoms with Crippen molar-refractivity contribution in [3.8, 4) is 11.4 Å². The minimum Gasteiger partial charge on any atom is -0.497 e. The number of aromatic nitrogens is 2. The van der Waals surface area contributed by atoms with Crippen LogP contribution in [0.5, 0.6) is 5.75 Å². The van der Waals surface area contributed by atoms with Gasteiger partial charge in [0.25, 0.3) is 0 Å². The van der Waals surface area contributed by atoms with Crippen molar-refractivity contribution in [2.24, 2.45) is 11.8 Å². The molecule has 1 unspecified atom stereocenters. The zero-order valence-electron chi connectivity index (χ0n) is 15.0. The van der Waals surface area contributed by atoms with Crippen LogP contribution in [0.15, 0.2) is 24.3 Å². The van der Waals surface area contributed by atoms with Crippen molar-refractivity contribution < 1.29 is 9.53 Å². The highest BCUT2D eigenvalue weighted by molar-refractivity contribution is 5.99. The number of methoxy groups -OCH3 is 1. The maximum absolute atomic E-state index is 12.8. The van der Waals surface area contributed by atoms with Crippen LogP contribution in [0.2, 0.25) is 0 Å². The first-order chi connectivity index (χ1) is 11.5. The Bertz CT molecular complexity index is 746. The molecule has 24 heavy (non-hydrogen) atoms. The van der Waals surface area contributed by atoms with Gasteiger partial charge < -0.3 is 4.74 Å². The van der Waals surface area contributed by atoms with E-state index in [1.54, 1.807) is 7.11 Å². The number of aryl methyl sites for hydroxylation is 1. The summed E-state index contributed by atoms with van der Waals surface area (Å²) in [7, 11) is 1.67. The van der Waals surface area contributed by atoms with Gasteiger partial charge in [0.05, 0.1) is 29.7 Å². The van der Waals surface area contributed by atoms with Gasteiger partial charge in [0.1, 0.15) is 5.75 Å². The topological polar surface area (TPSA) is 44.1 Å². The quantitative estimate of drug-likeness (QED) is 0.825. The fraction of sp³-hybridized carbons (Fsp3) is 0.500. The van der Waals surface area contributed by atoms with Crippen LogP contribution >= 0.6 is 0 Å². The predicted molar refractivity (Wildman–Crippen MR) is 95.1 cm³/mol. The Kier molecular flexibility index (Phi) is 4.74. The molecule has 0 aliphatic heterocycles. The molecule has 0 saturated carbocycles. The van der Waals surface area contributed by atoms with Gasteiger partial charge in [-0.2, -0.15) is 5.10 Å². The van der Waals surface area contributed by atoms with E-state index in [1.807, 2.05) is 28.9 Å². The lowest BCUT2D eigenvalue weighted by atomic mass is 9.79. The number of nitrogens with zero attached hydrogens (tertiary/aromatic N) is 2. The second-order valence-corrected chi connectivity index (χ2v) is 6.97. The third-order valence-electron chi connectivity index (χ3n) is 4.96. The number of ether oxygens (including phenoxy) is 1. The number of fused-ring (bicyclic) bond motifs is 1. The largest absolute Gasteiger partial charge is 0.497 e. The molecule has 2 aromatic rings. The zero-order chi connectivity index (χ0) is 17.3. The number of carbonyl (C=O) groups is 1. The minimum absolute atomic E-state index is 0.257. The molecule has 1 aromatic carbocycles. The first kappa shape index (κ1) is 16.7. The first-order valence-electron chi connectivity index (χ1n) is 8.83. The highest BCUT2D eigenvalue weighted by Crippen LogP contribution is 2.34. The molecule has 1 aromatic heterocycles. The van der Waals surface area contributed by atoms with Gasteiger partial charge >= 0.3 is 0 Å². The van der Waals surface area contributed by atoms with Crippen molar-refractivity contribution in [3.05, 3.63) is 41.2 Å². The Morgan fingerprint density at radius 3 is 2.79 bits per heavy atom. The molecule has 0 fully saturated rings. The highest BCUT2D eigenvalue weighted by Gasteiger charge is 2.33. The van der Waals surface area contributed by atoms with Crippen LogP contribution in [0.3, 0.4) is 0 Å². The molecule has 0 bridgehead atoms. The van der Waals surface area contributed by atoms with Gasteiger partial charge in [-0.3, -0.25) is 4.79 Å². The van der Waals surface area contributed by atoms with E-state index in [1.165, 1.54) is 0 Å². The minimum atomic E-state index is 0.257. The summed E-state index contributed by atoms with van der Waals surface area (Å²) in [5, 5.41) is 4.81. The van der Waals surface area contributed by atoms with E-state index in [-0.39, 0.29) is 5.78 Å². The van der Waals surface area contributed by atoms with Gasteiger partial charge in [-0.1, -0.05) is 33.3 Å². The van der Waals surface area contributed by atoms with E-state index in [0.717, 1.165) is 47.7 Å². The van der Waals surface area contributed by atoms with E-state index < -0.39 is 0 Å². The summed E-state index contributed by atoms with van der Waals surface area (Å²) in [5.74, 6) is 1.94. The van der Waals surface area contributed by atoms with Gasteiger partial charge in [-0.25, -0.2) is 4.68 Å². The normalized spacial score (nSPS) is 17.2. The van der Waals surface area contributed by atoms with Crippen LogP contribution < -0.4 is 4.74 Å². The molecule has 0 amide bonds. The lowest BCUT2D eigenvalue weighted by molar-refractivity contribution is 0.0931. The Balaban J connectivity index is 2.13. The van der Waals surface area contributed by atoms with E-state index in [2.05, 4.69) is 20.8 Å². The summed E-state index contributed by atoms with van der Waals surface area (Å²) < 4.78 is 7.31. The number of carbonyl (C=O) groups excluding carboxylic acids is 1. The Labute approximate surface area is 143 Å². The van der Waals surface area contributed by atoms with Crippen LogP contribution in [-0.4, -0.2) is 22.7 Å². The molecular formula is C20H26N2O2. The average molecular weight is 326 g/mol. The number of benzene rings is 1. The molecule has 1 heterocycles. The molecular weight excluding hydrogens is 300 g/mol. The third-order valence-corrected chi connectivity index (χ3v) is 4.96. The highest BCUT2D eigenvalue weighted by atomic mass is 16.5. The monoisotopic (exact) mass is 326 g/mol. The van der Waals surface area contributed by atoms with E-state index in [4.69, 9.17) is 9.84 Å². The van der Waals surface area contributed by atoms with Gasteiger partial charge in [-0.05, 0) is 36.8 Å². The molecule has 3 rings (SSSR count). The maximum atomic E-state index is 12.8. The number of Topliss-reactive ketones (excluding diaryl/α,β-unsaturated/α-hetero) is 1. The number of rotatable bonds is 5. The van der Waals surface area contributed by atoms with Crippen LogP contribution in [0, 0.1) is 11.8 Å². The fourth-order valence-corrected chi connectivity index (χ4v) is 3.51. The second kappa shape index (κ2) is 6.80. The van der Waals surface area contributed by atoms with Crippen LogP contribution in [0.4, 0.5) is 0 Å². The summed E-state index contributed by atoms with van der Waals surface area (Å²) >= 11 is 0. The summed E-state index contributed by atoms with van der Waals surface area (Å²) in [5.41, 5.74) is 3.85. The number of hydrogen-bond donors (Lipinski definition) is 0. The van der Waals surface area contributed by atoms with Gasteiger partial charge in [-0.15, -0.1) is 0 Å². The first-order valence-corrected chi connectivity index (χ1v) is 8.83. The summed E-state index contributed by atoms with van der Waals surface area (Å²) in [6, 6.07) is 7.89. The summed E-state index contributed by atoms with van der Waals surface area (Å²) in [6.45, 7) is 6.52. The zero-order valence-corrected chi connectivity index (χ0v) is 15.0. The molecule has 1 aliphatic rings. The Morgan fingerprint density at radius 2 is 2.12 bits per heavy atom. The van der Waals surface area contributed by atoms with Crippen molar-refractivity contribution in [1.82, 2.24) is 9.78 Å². The van der Waals surface area contributed by atoms with Gasteiger partial charge in [0.15, 0.2) is 5.78 Å². The van der Waals surface area contributed by atoms with E-state index in [0.29, 0.717) is 18.3 Å². The molecule has 128 valence electrons. The molecule has 1 atom stereocenters. The summed E-state index contributed by atoms with van der Waals surface area (Å²) in [6.07, 6.45) is 3.39. The lowest BCUT2D eigenvalue weighted by Gasteiger charge is -2.25. The number of hydrogen-bond acceptors (Lipinski definition) is 3. The SMILES string of the molecule is CCCc1nn(-c2cccc(OC)c2)c2c1C(=O)CC(C(C)C)C2. The third kappa shape index (κ3) is 2.97. The van der Waals surface area contributed by atoms with E-state index in [9.17, 15) is 4.79 Å². The molecule has 4 nitrogen and oxygen atoms in total. The lowest BCUT2D eigenvalue weighted by Crippen LogP contribution is -2.25.